The first kappa shape index (κ1) is 33.1. The smallest absolute Gasteiger partial charge is 0.338 e. The maximum Gasteiger partial charge on any atom is 0.338 e. The van der Waals surface area contributed by atoms with E-state index in [4.69, 9.17) is 47.1 Å². The van der Waals surface area contributed by atoms with Gasteiger partial charge in [-0.3, -0.25) is 9.36 Å². The van der Waals surface area contributed by atoms with Crippen LogP contribution in [-0.2, 0) is 16.1 Å². The van der Waals surface area contributed by atoms with E-state index in [0.717, 1.165) is 11.1 Å². The summed E-state index contributed by atoms with van der Waals surface area (Å²) >= 11 is 14.2. The van der Waals surface area contributed by atoms with Crippen molar-refractivity contribution in [3.8, 4) is 17.2 Å². The second-order valence-electron chi connectivity index (χ2n) is 10.6. The number of ether oxygens (including phenoxy) is 4. The summed E-state index contributed by atoms with van der Waals surface area (Å²) < 4.78 is 24.5. The third kappa shape index (κ3) is 6.62. The van der Waals surface area contributed by atoms with Crippen LogP contribution in [0.2, 0.25) is 10.0 Å². The number of carbonyl (C=O) groups is 1. The topological polar surface area (TPSA) is 88.4 Å². The standard InChI is InChI=1S/C37H30Cl2N2O6S/c1-4-46-36(43)31-32(23-10-6-5-7-11-23)40-37-41(33(31)24-14-16-26(44-2)17-15-24)35(42)30(48-37)20-22-18-28(39)34(29(19-22)45-3)47-21-25-12-8-9-13-27(25)38/h5-20,33H,4,21H2,1-3H3/b30-20-/t33-/m0/s1. The van der Waals surface area contributed by atoms with Crippen molar-refractivity contribution in [1.82, 2.24) is 4.57 Å². The zero-order chi connectivity index (χ0) is 33.8. The summed E-state index contributed by atoms with van der Waals surface area (Å²) in [5, 5.41) is 0.876. The lowest BCUT2D eigenvalue weighted by Crippen LogP contribution is -2.40. The number of halogens is 2. The number of methoxy groups -OCH3 is 2. The number of aromatic nitrogens is 1. The fourth-order valence-electron chi connectivity index (χ4n) is 5.42. The predicted octanol–water partition coefficient (Wildman–Crippen LogP) is 6.84. The van der Waals surface area contributed by atoms with Crippen LogP contribution >= 0.6 is 34.5 Å². The van der Waals surface area contributed by atoms with Crippen LogP contribution in [0, 0.1) is 0 Å². The van der Waals surface area contributed by atoms with E-state index < -0.39 is 12.0 Å². The molecular weight excluding hydrogens is 671 g/mol. The minimum atomic E-state index is -0.817. The van der Waals surface area contributed by atoms with Gasteiger partial charge in [0, 0.05) is 16.1 Å². The molecule has 6 rings (SSSR count). The lowest BCUT2D eigenvalue weighted by atomic mass is 9.93. The average Bonchev–Trinajstić information content (AvgIpc) is 3.41. The maximum absolute atomic E-state index is 14.3. The van der Waals surface area contributed by atoms with Crippen LogP contribution in [0.15, 0.2) is 106 Å². The van der Waals surface area contributed by atoms with Crippen molar-refractivity contribution in [2.24, 2.45) is 4.99 Å². The summed E-state index contributed by atoms with van der Waals surface area (Å²) in [7, 11) is 3.09. The van der Waals surface area contributed by atoms with Crippen LogP contribution in [0.1, 0.15) is 35.2 Å². The highest BCUT2D eigenvalue weighted by Gasteiger charge is 2.35. The molecule has 0 amide bonds. The fourth-order valence-corrected chi connectivity index (χ4v) is 6.89. The minimum Gasteiger partial charge on any atom is -0.497 e. The molecule has 0 fully saturated rings. The molecule has 1 atom stereocenters. The third-order valence-corrected chi connectivity index (χ3v) is 9.32. The molecule has 0 saturated carbocycles. The number of hydrogen-bond acceptors (Lipinski definition) is 8. The van der Waals surface area contributed by atoms with Gasteiger partial charge in [0.15, 0.2) is 16.3 Å². The average molecular weight is 702 g/mol. The van der Waals surface area contributed by atoms with Crippen molar-refractivity contribution in [3.05, 3.63) is 149 Å². The molecule has 1 aliphatic rings. The summed E-state index contributed by atoms with van der Waals surface area (Å²) in [6, 6.07) is 26.6. The highest BCUT2D eigenvalue weighted by molar-refractivity contribution is 7.07. The van der Waals surface area contributed by atoms with Crippen molar-refractivity contribution in [1.29, 1.82) is 0 Å². The van der Waals surface area contributed by atoms with Gasteiger partial charge in [0.1, 0.15) is 12.4 Å². The number of nitrogens with zero attached hydrogens (tertiary/aromatic N) is 2. The van der Waals surface area contributed by atoms with E-state index in [-0.39, 0.29) is 24.3 Å². The third-order valence-electron chi connectivity index (χ3n) is 7.68. The Morgan fingerprint density at radius 1 is 0.938 bits per heavy atom. The molecule has 0 unspecified atom stereocenters. The van der Waals surface area contributed by atoms with Crippen LogP contribution in [0.4, 0.5) is 0 Å². The first-order valence-electron chi connectivity index (χ1n) is 15.0. The molecular formula is C37H30Cl2N2O6S. The molecule has 4 aromatic carbocycles. The minimum absolute atomic E-state index is 0.158. The molecule has 48 heavy (non-hydrogen) atoms. The molecule has 11 heteroatoms. The van der Waals surface area contributed by atoms with E-state index in [2.05, 4.69) is 0 Å². The normalized spacial score (nSPS) is 14.3. The van der Waals surface area contributed by atoms with E-state index >= 15 is 0 Å². The second-order valence-corrected chi connectivity index (χ2v) is 12.4. The predicted molar refractivity (Wildman–Crippen MR) is 188 cm³/mol. The van der Waals surface area contributed by atoms with Crippen LogP contribution < -0.4 is 29.1 Å². The van der Waals surface area contributed by atoms with E-state index in [9.17, 15) is 9.59 Å². The SMILES string of the molecule is CCOC(=O)C1=C(c2ccccc2)N=c2s/c(=C\c3cc(Cl)c(OCc4ccccc4Cl)c(OC)c3)c(=O)n2[C@H]1c1ccc(OC)cc1. The number of fused-ring (bicyclic) bond motifs is 1. The summed E-state index contributed by atoms with van der Waals surface area (Å²) in [4.78, 5) is 33.3. The van der Waals surface area contributed by atoms with Crippen molar-refractivity contribution in [2.45, 2.75) is 19.6 Å². The molecule has 0 N–H and O–H groups in total. The van der Waals surface area contributed by atoms with Gasteiger partial charge >= 0.3 is 5.97 Å². The molecule has 1 aliphatic heterocycles. The summed E-state index contributed by atoms with van der Waals surface area (Å²) in [5.41, 5.74) is 3.19. The highest BCUT2D eigenvalue weighted by atomic mass is 35.5. The second kappa shape index (κ2) is 14.5. The van der Waals surface area contributed by atoms with Gasteiger partial charge in [-0.2, -0.15) is 0 Å². The Morgan fingerprint density at radius 2 is 1.67 bits per heavy atom. The Bertz CT molecular complexity index is 2190. The van der Waals surface area contributed by atoms with E-state index in [0.29, 0.717) is 53.5 Å². The lowest BCUT2D eigenvalue weighted by molar-refractivity contribution is -0.138. The Kier molecular flexibility index (Phi) is 10.0. The van der Waals surface area contributed by atoms with Crippen molar-refractivity contribution < 1.29 is 23.7 Å². The fraction of sp³-hybridized carbons (Fsp3) is 0.162. The number of hydrogen-bond donors (Lipinski definition) is 0. The maximum atomic E-state index is 14.3. The first-order valence-corrected chi connectivity index (χ1v) is 16.6. The van der Waals surface area contributed by atoms with Crippen molar-refractivity contribution in [3.63, 3.8) is 0 Å². The number of rotatable bonds is 10. The Hall–Kier alpha value is -4.83. The zero-order valence-corrected chi connectivity index (χ0v) is 28.6. The van der Waals surface area contributed by atoms with Gasteiger partial charge in [-0.05, 0) is 54.5 Å². The summed E-state index contributed by atoms with van der Waals surface area (Å²) in [6.45, 7) is 2.08. The van der Waals surface area contributed by atoms with Crippen LogP contribution in [0.25, 0.3) is 11.8 Å². The summed E-state index contributed by atoms with van der Waals surface area (Å²) in [5.74, 6) is 0.824. The Morgan fingerprint density at radius 3 is 2.35 bits per heavy atom. The Balaban J connectivity index is 1.50. The van der Waals surface area contributed by atoms with Gasteiger partial charge in [-0.1, -0.05) is 95.2 Å². The number of thiazole rings is 1. The quantitative estimate of drug-likeness (QED) is 0.148. The molecule has 244 valence electrons. The number of esters is 1. The molecule has 1 aromatic heterocycles. The summed E-state index contributed by atoms with van der Waals surface area (Å²) in [6.07, 6.45) is 1.72. The molecule has 0 spiro atoms. The van der Waals surface area contributed by atoms with Crippen molar-refractivity contribution in [2.75, 3.05) is 20.8 Å². The van der Waals surface area contributed by atoms with E-state index in [1.165, 1.54) is 23.0 Å². The molecule has 5 aromatic rings. The first-order chi connectivity index (χ1) is 23.3. The number of benzene rings is 4. The van der Waals surface area contributed by atoms with Gasteiger partial charge in [0.25, 0.3) is 5.56 Å². The van der Waals surface area contributed by atoms with Crippen LogP contribution in [0.3, 0.4) is 0 Å². The largest absolute Gasteiger partial charge is 0.497 e. The molecule has 2 heterocycles. The van der Waals surface area contributed by atoms with Gasteiger partial charge in [-0.25, -0.2) is 9.79 Å². The van der Waals surface area contributed by atoms with Gasteiger partial charge in [0.2, 0.25) is 0 Å². The molecule has 8 nitrogen and oxygen atoms in total. The van der Waals surface area contributed by atoms with E-state index in [1.807, 2.05) is 60.7 Å². The van der Waals surface area contributed by atoms with Gasteiger partial charge in [0.05, 0.1) is 47.7 Å². The van der Waals surface area contributed by atoms with Crippen LogP contribution in [-0.4, -0.2) is 31.4 Å². The molecule has 0 saturated heterocycles. The van der Waals surface area contributed by atoms with Crippen molar-refractivity contribution >= 4 is 52.3 Å². The molecule has 0 bridgehead atoms. The number of carbonyl (C=O) groups excluding carboxylic acids is 1. The monoisotopic (exact) mass is 700 g/mol. The lowest BCUT2D eigenvalue weighted by Gasteiger charge is -2.26. The van der Waals surface area contributed by atoms with Gasteiger partial charge < -0.3 is 18.9 Å². The van der Waals surface area contributed by atoms with Crippen LogP contribution in [0.5, 0.6) is 17.2 Å². The molecule has 0 radical (unpaired) electrons. The zero-order valence-electron chi connectivity index (χ0n) is 26.2. The van der Waals surface area contributed by atoms with Gasteiger partial charge in [-0.15, -0.1) is 0 Å². The van der Waals surface area contributed by atoms with E-state index in [1.54, 1.807) is 50.4 Å². The Labute approximate surface area is 290 Å². The molecule has 0 aliphatic carbocycles. The highest BCUT2D eigenvalue weighted by Crippen LogP contribution is 2.38.